The minimum absolute atomic E-state index is 0.0352. The molecular formula is C22H18F3N5O8. The van der Waals surface area contributed by atoms with E-state index in [1.807, 2.05) is 0 Å². The zero-order valence-electron chi connectivity index (χ0n) is 19.2. The third-order valence-electron chi connectivity index (χ3n) is 5.63. The Balaban J connectivity index is 1.34. The molecule has 0 aliphatic carbocycles. The Morgan fingerprint density at radius 2 is 2.05 bits per heavy atom. The third kappa shape index (κ3) is 5.24. The number of carbonyl (C=O) groups excluding carboxylic acids is 1. The Morgan fingerprint density at radius 3 is 2.71 bits per heavy atom. The van der Waals surface area contributed by atoms with E-state index in [4.69, 9.17) is 14.2 Å². The largest absolute Gasteiger partial charge is 0.573 e. The number of cyclic esters (lactones) is 1. The maximum absolute atomic E-state index is 13.2. The second-order valence-electron chi connectivity index (χ2n) is 8.25. The van der Waals surface area contributed by atoms with E-state index in [1.165, 1.54) is 41.2 Å². The topological polar surface area (TPSA) is 151 Å². The summed E-state index contributed by atoms with van der Waals surface area (Å²) in [6.07, 6.45) is -4.65. The lowest BCUT2D eigenvalue weighted by atomic mass is 10.1. The maximum atomic E-state index is 13.2. The van der Waals surface area contributed by atoms with Crippen LogP contribution in [0.2, 0.25) is 0 Å². The number of nitrogens with zero attached hydrogens (tertiary/aromatic N) is 5. The number of amides is 1. The number of alkyl halides is 3. The molecule has 1 amide bonds. The highest BCUT2D eigenvalue weighted by Gasteiger charge is 2.35. The van der Waals surface area contributed by atoms with Crippen molar-refractivity contribution in [2.45, 2.75) is 25.1 Å². The number of halogens is 3. The van der Waals surface area contributed by atoms with E-state index in [1.54, 1.807) is 0 Å². The molecule has 1 aromatic carbocycles. The highest BCUT2D eigenvalue weighted by atomic mass is 19.4. The van der Waals surface area contributed by atoms with Crippen molar-refractivity contribution in [1.29, 1.82) is 0 Å². The SMILES string of the molecule is O=C1O[C@H](CO)CN1c1ccc(-c2ccc(O[C@@H]3COc4nc([N+](=O)[O-])cn4C3)nc2)c(OC(F)(F)F)c1. The first kappa shape index (κ1) is 25.1. The van der Waals surface area contributed by atoms with Gasteiger partial charge < -0.3 is 34.2 Å². The van der Waals surface area contributed by atoms with Crippen LogP contribution in [0.3, 0.4) is 0 Å². The van der Waals surface area contributed by atoms with Crippen LogP contribution in [0, 0.1) is 10.1 Å². The number of hydrogen-bond acceptors (Lipinski definition) is 10. The molecule has 1 N–H and O–H groups in total. The summed E-state index contributed by atoms with van der Waals surface area (Å²) in [4.78, 5) is 31.3. The number of aliphatic hydroxyl groups excluding tert-OH is 1. The molecule has 0 unspecified atom stereocenters. The maximum Gasteiger partial charge on any atom is 0.573 e. The summed E-state index contributed by atoms with van der Waals surface area (Å²) >= 11 is 0. The molecule has 200 valence electrons. The van der Waals surface area contributed by atoms with Gasteiger partial charge >= 0.3 is 24.3 Å². The van der Waals surface area contributed by atoms with E-state index in [0.717, 1.165) is 11.0 Å². The van der Waals surface area contributed by atoms with E-state index in [0.29, 0.717) is 0 Å². The summed E-state index contributed by atoms with van der Waals surface area (Å²) in [6.45, 7) is -0.200. The fourth-order valence-electron chi connectivity index (χ4n) is 3.96. The second kappa shape index (κ2) is 9.70. The number of ether oxygens (including phenoxy) is 4. The van der Waals surface area contributed by atoms with Gasteiger partial charge in [-0.3, -0.25) is 9.47 Å². The van der Waals surface area contributed by atoms with Gasteiger partial charge in [-0.25, -0.2) is 9.78 Å². The number of imidazole rings is 1. The highest BCUT2D eigenvalue weighted by molar-refractivity contribution is 5.91. The van der Waals surface area contributed by atoms with Gasteiger partial charge in [0.25, 0.3) is 0 Å². The number of nitro groups is 1. The van der Waals surface area contributed by atoms with Gasteiger partial charge in [-0.05, 0) is 23.1 Å². The summed E-state index contributed by atoms with van der Waals surface area (Å²) < 4.78 is 61.2. The number of aromatic nitrogens is 3. The van der Waals surface area contributed by atoms with Gasteiger partial charge in [-0.1, -0.05) is 0 Å². The third-order valence-corrected chi connectivity index (χ3v) is 5.63. The smallest absolute Gasteiger partial charge is 0.469 e. The summed E-state index contributed by atoms with van der Waals surface area (Å²) in [6, 6.07) is 6.82. The van der Waals surface area contributed by atoms with Crippen LogP contribution < -0.4 is 19.1 Å². The molecule has 0 radical (unpaired) electrons. The van der Waals surface area contributed by atoms with Crippen LogP contribution >= 0.6 is 0 Å². The van der Waals surface area contributed by atoms with Crippen molar-refractivity contribution in [3.63, 3.8) is 0 Å². The fraction of sp³-hybridized carbons (Fsp3) is 0.318. The number of carbonyl (C=O) groups is 1. The van der Waals surface area contributed by atoms with Gasteiger partial charge in [-0.15, -0.1) is 13.2 Å². The van der Waals surface area contributed by atoms with E-state index in [-0.39, 0.29) is 54.2 Å². The Hall–Kier alpha value is -4.60. The first-order chi connectivity index (χ1) is 18.1. The van der Waals surface area contributed by atoms with Gasteiger partial charge in [-0.2, -0.15) is 0 Å². The van der Waals surface area contributed by atoms with Crippen molar-refractivity contribution < 1.29 is 46.9 Å². The first-order valence-corrected chi connectivity index (χ1v) is 11.1. The zero-order valence-corrected chi connectivity index (χ0v) is 19.2. The van der Waals surface area contributed by atoms with Crippen LogP contribution in [-0.4, -0.2) is 69.0 Å². The van der Waals surface area contributed by atoms with Crippen molar-refractivity contribution in [2.24, 2.45) is 0 Å². The lowest BCUT2D eigenvalue weighted by Crippen LogP contribution is -2.34. The lowest BCUT2D eigenvalue weighted by molar-refractivity contribution is -0.389. The van der Waals surface area contributed by atoms with Crippen molar-refractivity contribution in [3.8, 4) is 28.8 Å². The normalized spacial score (nSPS) is 18.9. The van der Waals surface area contributed by atoms with Crippen LogP contribution in [-0.2, 0) is 11.3 Å². The number of benzene rings is 1. The Bertz CT molecular complexity index is 1360. The number of anilines is 1. The monoisotopic (exact) mass is 537 g/mol. The van der Waals surface area contributed by atoms with Crippen molar-refractivity contribution in [1.82, 2.24) is 14.5 Å². The first-order valence-electron chi connectivity index (χ1n) is 11.1. The van der Waals surface area contributed by atoms with Crippen LogP contribution in [0.5, 0.6) is 17.6 Å². The Morgan fingerprint density at radius 1 is 1.24 bits per heavy atom. The molecule has 2 aliphatic rings. The highest BCUT2D eigenvalue weighted by Crippen LogP contribution is 2.38. The standard InChI is InChI=1S/C22H18F3N5O8/c23-22(24,25)38-17-5-13(29-8-14(10-31)37-21(29)32)2-3-16(17)12-1-4-19(26-6-12)36-15-7-28-9-18(30(33)34)27-20(28)35-11-15/h1-6,9,14-15,31H,7-8,10-11H2/t14-,15-/m0/s1. The molecule has 2 atom stereocenters. The molecule has 4 heterocycles. The molecule has 2 aromatic heterocycles. The quantitative estimate of drug-likeness (QED) is 0.352. The molecule has 16 heteroatoms. The summed E-state index contributed by atoms with van der Waals surface area (Å²) in [5.74, 6) is -0.785. The van der Waals surface area contributed by atoms with Crippen molar-refractivity contribution in [2.75, 3.05) is 24.7 Å². The molecule has 1 fully saturated rings. The fourth-order valence-corrected chi connectivity index (χ4v) is 3.96. The molecule has 0 spiro atoms. The molecule has 1 saturated heterocycles. The molecule has 0 saturated carbocycles. The second-order valence-corrected chi connectivity index (χ2v) is 8.25. The van der Waals surface area contributed by atoms with Crippen molar-refractivity contribution in [3.05, 3.63) is 52.8 Å². The summed E-state index contributed by atoms with van der Waals surface area (Å²) in [5.41, 5.74) is 0.416. The van der Waals surface area contributed by atoms with Crippen LogP contribution in [0.4, 0.5) is 29.5 Å². The van der Waals surface area contributed by atoms with Gasteiger partial charge in [0.15, 0.2) is 6.10 Å². The van der Waals surface area contributed by atoms with Crippen LogP contribution in [0.25, 0.3) is 11.1 Å². The van der Waals surface area contributed by atoms with E-state index in [9.17, 15) is 33.2 Å². The van der Waals surface area contributed by atoms with Crippen molar-refractivity contribution >= 4 is 17.6 Å². The number of rotatable bonds is 7. The zero-order chi connectivity index (χ0) is 27.0. The predicted molar refractivity (Wildman–Crippen MR) is 120 cm³/mol. The minimum Gasteiger partial charge on any atom is -0.469 e. The number of fused-ring (bicyclic) bond motifs is 1. The number of hydrogen-bond donors (Lipinski definition) is 1. The molecule has 5 rings (SSSR count). The number of pyridine rings is 1. The van der Waals surface area contributed by atoms with E-state index in [2.05, 4.69) is 14.7 Å². The van der Waals surface area contributed by atoms with E-state index >= 15 is 0 Å². The minimum atomic E-state index is -5.01. The van der Waals surface area contributed by atoms with E-state index < -0.39 is 41.9 Å². The molecular weight excluding hydrogens is 519 g/mol. The predicted octanol–water partition coefficient (Wildman–Crippen LogP) is 2.91. The van der Waals surface area contributed by atoms with Gasteiger partial charge in [0.05, 0.1) is 25.4 Å². The van der Waals surface area contributed by atoms with Crippen LogP contribution in [0.15, 0.2) is 42.7 Å². The molecule has 38 heavy (non-hydrogen) atoms. The average Bonchev–Trinajstić information content (AvgIpc) is 3.47. The van der Waals surface area contributed by atoms with Gasteiger partial charge in [0.1, 0.15) is 24.7 Å². The molecule has 2 aliphatic heterocycles. The average molecular weight is 537 g/mol. The number of aliphatic hydroxyl groups is 1. The molecule has 0 bridgehead atoms. The van der Waals surface area contributed by atoms with Crippen LogP contribution in [0.1, 0.15) is 0 Å². The summed E-state index contributed by atoms with van der Waals surface area (Å²) in [7, 11) is 0. The Kier molecular flexibility index (Phi) is 6.40. The molecule has 13 nitrogen and oxygen atoms in total. The molecule has 3 aromatic rings. The van der Waals surface area contributed by atoms with Gasteiger partial charge in [0.2, 0.25) is 5.88 Å². The lowest BCUT2D eigenvalue weighted by Gasteiger charge is -2.22. The van der Waals surface area contributed by atoms with Gasteiger partial charge in [0, 0.05) is 34.4 Å². The summed E-state index contributed by atoms with van der Waals surface area (Å²) in [5, 5.41) is 20.1. The Labute approximate surface area is 211 Å².